The van der Waals surface area contributed by atoms with Gasteiger partial charge in [0.05, 0.1) is 18.7 Å². The smallest absolute Gasteiger partial charge is 0.222 e. The first-order valence-corrected chi connectivity index (χ1v) is 8.26. The topological polar surface area (TPSA) is 74.4 Å². The molecule has 0 aliphatic carbocycles. The number of rotatable bonds is 6. The number of aliphatic hydroxyl groups excluding tert-OH is 1. The van der Waals surface area contributed by atoms with Crippen molar-refractivity contribution >= 4 is 5.95 Å². The third-order valence-corrected chi connectivity index (χ3v) is 4.14. The number of nitrogens with zero attached hydrogens (tertiary/aromatic N) is 3. The number of piperidine rings is 1. The molecule has 1 aliphatic rings. The standard InChI is InChI=1S/C17H24N4O2/c1-2-4-13-5-6-14(23-13)11-21-10-7-15(16(22)12-21)20-17-18-8-3-9-19-17/h3,5-6,8-9,15-16,22H,2,4,7,10-12H2,1H3,(H,18,19,20)/t15-,16-/m1/s1. The Morgan fingerprint density at radius 1 is 1.30 bits per heavy atom. The Labute approximate surface area is 136 Å². The maximum absolute atomic E-state index is 10.4. The van der Waals surface area contributed by atoms with Crippen molar-refractivity contribution in [3.05, 3.63) is 42.1 Å². The normalized spacial score (nSPS) is 22.2. The number of aliphatic hydroxyl groups is 1. The maximum atomic E-state index is 10.4. The molecule has 0 unspecified atom stereocenters. The Morgan fingerprint density at radius 3 is 2.83 bits per heavy atom. The first-order chi connectivity index (χ1) is 11.2. The van der Waals surface area contributed by atoms with E-state index in [9.17, 15) is 5.11 Å². The molecule has 1 saturated heterocycles. The Balaban J connectivity index is 1.51. The van der Waals surface area contributed by atoms with Crippen LogP contribution in [0.2, 0.25) is 0 Å². The summed E-state index contributed by atoms with van der Waals surface area (Å²) < 4.78 is 5.83. The largest absolute Gasteiger partial charge is 0.465 e. The quantitative estimate of drug-likeness (QED) is 0.850. The minimum absolute atomic E-state index is 0.0131. The van der Waals surface area contributed by atoms with E-state index in [0.717, 1.165) is 43.9 Å². The predicted octanol–water partition coefficient (Wildman–Crippen LogP) is 2.07. The highest BCUT2D eigenvalue weighted by Crippen LogP contribution is 2.18. The fraction of sp³-hybridized carbons (Fsp3) is 0.529. The van der Waals surface area contributed by atoms with E-state index in [1.54, 1.807) is 18.5 Å². The fourth-order valence-electron chi connectivity index (χ4n) is 2.96. The number of β-amino-alcohol motifs (C(OH)–C–C–N with tert-alkyl or cyclic N) is 1. The number of nitrogens with one attached hydrogen (secondary N) is 1. The molecule has 2 aromatic heterocycles. The average molecular weight is 316 g/mol. The lowest BCUT2D eigenvalue weighted by Gasteiger charge is -2.35. The molecule has 3 rings (SSSR count). The summed E-state index contributed by atoms with van der Waals surface area (Å²) in [7, 11) is 0. The van der Waals surface area contributed by atoms with Crippen LogP contribution in [0.4, 0.5) is 5.95 Å². The van der Waals surface area contributed by atoms with Crippen LogP contribution in [-0.4, -0.2) is 45.2 Å². The molecule has 0 radical (unpaired) electrons. The Hall–Kier alpha value is -1.92. The van der Waals surface area contributed by atoms with E-state index in [4.69, 9.17) is 4.42 Å². The van der Waals surface area contributed by atoms with Gasteiger partial charge < -0.3 is 14.8 Å². The van der Waals surface area contributed by atoms with E-state index in [0.29, 0.717) is 12.5 Å². The number of hydrogen-bond acceptors (Lipinski definition) is 6. The van der Waals surface area contributed by atoms with Gasteiger partial charge in [0.2, 0.25) is 5.95 Å². The van der Waals surface area contributed by atoms with Crippen molar-refractivity contribution < 1.29 is 9.52 Å². The van der Waals surface area contributed by atoms with Gasteiger partial charge in [-0.2, -0.15) is 0 Å². The van der Waals surface area contributed by atoms with Gasteiger partial charge in [-0.3, -0.25) is 4.90 Å². The number of likely N-dealkylation sites (tertiary alicyclic amines) is 1. The lowest BCUT2D eigenvalue weighted by atomic mass is 10.0. The molecule has 0 saturated carbocycles. The van der Waals surface area contributed by atoms with Crippen molar-refractivity contribution in [3.8, 4) is 0 Å². The van der Waals surface area contributed by atoms with Gasteiger partial charge >= 0.3 is 0 Å². The van der Waals surface area contributed by atoms with Crippen molar-refractivity contribution in [2.45, 2.75) is 44.9 Å². The van der Waals surface area contributed by atoms with Crippen LogP contribution < -0.4 is 5.32 Å². The third-order valence-electron chi connectivity index (χ3n) is 4.14. The van der Waals surface area contributed by atoms with Gasteiger partial charge in [-0.1, -0.05) is 6.92 Å². The second-order valence-electron chi connectivity index (χ2n) is 6.03. The van der Waals surface area contributed by atoms with Crippen LogP contribution in [-0.2, 0) is 13.0 Å². The Kier molecular flexibility index (Phi) is 5.25. The third kappa shape index (κ3) is 4.30. The highest BCUT2D eigenvalue weighted by atomic mass is 16.3. The van der Waals surface area contributed by atoms with Crippen molar-refractivity contribution in [3.63, 3.8) is 0 Å². The van der Waals surface area contributed by atoms with Crippen LogP contribution in [0.3, 0.4) is 0 Å². The molecular formula is C17H24N4O2. The highest BCUT2D eigenvalue weighted by Gasteiger charge is 2.28. The zero-order valence-electron chi connectivity index (χ0n) is 13.5. The lowest BCUT2D eigenvalue weighted by Crippen LogP contribution is -2.49. The summed E-state index contributed by atoms with van der Waals surface area (Å²) in [5.74, 6) is 2.58. The number of aromatic nitrogens is 2. The number of hydrogen-bond donors (Lipinski definition) is 2. The molecule has 0 spiro atoms. The molecule has 2 atom stereocenters. The average Bonchev–Trinajstić information content (AvgIpc) is 2.99. The number of anilines is 1. The van der Waals surface area contributed by atoms with Crippen LogP contribution in [0.1, 0.15) is 31.3 Å². The molecule has 6 nitrogen and oxygen atoms in total. The summed E-state index contributed by atoms with van der Waals surface area (Å²) in [5, 5.41) is 13.6. The summed E-state index contributed by atoms with van der Waals surface area (Å²) in [6, 6.07) is 5.86. The minimum Gasteiger partial charge on any atom is -0.465 e. The monoisotopic (exact) mass is 316 g/mol. The molecule has 6 heteroatoms. The van der Waals surface area contributed by atoms with Gasteiger partial charge in [-0.25, -0.2) is 9.97 Å². The van der Waals surface area contributed by atoms with E-state index in [2.05, 4.69) is 33.2 Å². The fourth-order valence-corrected chi connectivity index (χ4v) is 2.96. The molecule has 0 bridgehead atoms. The van der Waals surface area contributed by atoms with Gasteiger partial charge in [-0.15, -0.1) is 0 Å². The van der Waals surface area contributed by atoms with Crippen molar-refractivity contribution in [2.75, 3.05) is 18.4 Å². The van der Waals surface area contributed by atoms with Crippen molar-refractivity contribution in [2.24, 2.45) is 0 Å². The van der Waals surface area contributed by atoms with Crippen molar-refractivity contribution in [1.29, 1.82) is 0 Å². The zero-order valence-corrected chi connectivity index (χ0v) is 13.5. The summed E-state index contributed by atoms with van der Waals surface area (Å²) in [6.45, 7) is 4.42. The highest BCUT2D eigenvalue weighted by molar-refractivity contribution is 5.25. The van der Waals surface area contributed by atoms with Gasteiger partial charge in [0.15, 0.2) is 0 Å². The summed E-state index contributed by atoms with van der Waals surface area (Å²) in [4.78, 5) is 10.5. The summed E-state index contributed by atoms with van der Waals surface area (Å²) in [5.41, 5.74) is 0. The van der Waals surface area contributed by atoms with E-state index in [1.165, 1.54) is 0 Å². The molecule has 2 aromatic rings. The molecule has 23 heavy (non-hydrogen) atoms. The van der Waals surface area contributed by atoms with E-state index < -0.39 is 6.10 Å². The molecule has 3 heterocycles. The van der Waals surface area contributed by atoms with E-state index in [-0.39, 0.29) is 6.04 Å². The number of furan rings is 1. The van der Waals surface area contributed by atoms with Gasteiger partial charge in [0.25, 0.3) is 0 Å². The maximum Gasteiger partial charge on any atom is 0.222 e. The van der Waals surface area contributed by atoms with Gasteiger partial charge in [0.1, 0.15) is 11.5 Å². The first-order valence-electron chi connectivity index (χ1n) is 8.26. The lowest BCUT2D eigenvalue weighted by molar-refractivity contribution is 0.0526. The van der Waals surface area contributed by atoms with Crippen LogP contribution >= 0.6 is 0 Å². The molecule has 124 valence electrons. The molecule has 1 aliphatic heterocycles. The molecule has 2 N–H and O–H groups in total. The second-order valence-corrected chi connectivity index (χ2v) is 6.03. The van der Waals surface area contributed by atoms with E-state index >= 15 is 0 Å². The van der Waals surface area contributed by atoms with Crippen LogP contribution in [0.5, 0.6) is 0 Å². The first kappa shape index (κ1) is 16.0. The van der Waals surface area contributed by atoms with Crippen LogP contribution in [0, 0.1) is 0 Å². The molecule has 1 fully saturated rings. The number of aryl methyl sites for hydroxylation is 1. The SMILES string of the molecule is CCCc1ccc(CN2CC[C@@H](Nc3ncccn3)[C@H](O)C2)o1. The summed E-state index contributed by atoms with van der Waals surface area (Å²) in [6.07, 6.45) is 5.86. The second kappa shape index (κ2) is 7.57. The predicted molar refractivity (Wildman–Crippen MR) is 88.0 cm³/mol. The van der Waals surface area contributed by atoms with E-state index in [1.807, 2.05) is 6.07 Å². The van der Waals surface area contributed by atoms with Crippen LogP contribution in [0.15, 0.2) is 35.0 Å². The summed E-state index contributed by atoms with van der Waals surface area (Å²) >= 11 is 0. The minimum atomic E-state index is -0.447. The molecule has 0 amide bonds. The Bertz CT molecular complexity index is 602. The van der Waals surface area contributed by atoms with Gasteiger partial charge in [-0.05, 0) is 31.0 Å². The molecular weight excluding hydrogens is 292 g/mol. The van der Waals surface area contributed by atoms with Gasteiger partial charge in [0, 0.05) is 31.9 Å². The molecule has 0 aromatic carbocycles. The Morgan fingerprint density at radius 2 is 2.09 bits per heavy atom. The zero-order chi connectivity index (χ0) is 16.1. The van der Waals surface area contributed by atoms with Crippen LogP contribution in [0.25, 0.3) is 0 Å². The van der Waals surface area contributed by atoms with Crippen molar-refractivity contribution in [1.82, 2.24) is 14.9 Å².